The number of carbonyl (C=O) groups excluding carboxylic acids is 1. The number of nitrogens with one attached hydrogen (secondary N) is 1. The maximum atomic E-state index is 12.4. The Labute approximate surface area is 154 Å². The van der Waals surface area contributed by atoms with Crippen LogP contribution >= 0.6 is 0 Å². The molecule has 6 nitrogen and oxygen atoms in total. The van der Waals surface area contributed by atoms with Crippen molar-refractivity contribution in [1.29, 1.82) is 0 Å². The highest BCUT2D eigenvalue weighted by Crippen LogP contribution is 2.19. The Morgan fingerprint density at radius 3 is 2.15 bits per heavy atom. The fourth-order valence-corrected chi connectivity index (χ4v) is 3.64. The molecule has 2 aromatic carbocycles. The molecule has 26 heavy (non-hydrogen) atoms. The molecule has 0 aliphatic heterocycles. The first kappa shape index (κ1) is 20.1. The Bertz CT molecular complexity index is 844. The summed E-state index contributed by atoms with van der Waals surface area (Å²) in [5, 5.41) is 2.76. The molecule has 0 radical (unpaired) electrons. The smallest absolute Gasteiger partial charge is 0.255 e. The number of nitrogens with zero attached hydrogens (tertiary/aromatic N) is 1. The number of methoxy groups -OCH3 is 1. The van der Waals surface area contributed by atoms with Gasteiger partial charge < -0.3 is 10.1 Å². The van der Waals surface area contributed by atoms with E-state index < -0.39 is 10.0 Å². The summed E-state index contributed by atoms with van der Waals surface area (Å²) >= 11 is 0. The van der Waals surface area contributed by atoms with Crippen LogP contribution in [0.3, 0.4) is 0 Å². The number of hydrogen-bond donors (Lipinski definition) is 1. The molecular formula is C19H24N2O4S. The monoisotopic (exact) mass is 376 g/mol. The molecule has 0 aliphatic carbocycles. The molecule has 0 aromatic heterocycles. The molecule has 0 aliphatic rings. The Morgan fingerprint density at radius 1 is 1.08 bits per heavy atom. The van der Waals surface area contributed by atoms with Crippen molar-refractivity contribution >= 4 is 21.6 Å². The molecule has 0 heterocycles. The highest BCUT2D eigenvalue weighted by atomic mass is 32.2. The minimum Gasteiger partial charge on any atom is -0.380 e. The molecule has 0 fully saturated rings. The van der Waals surface area contributed by atoms with E-state index in [1.165, 1.54) is 16.4 Å². The van der Waals surface area contributed by atoms with Gasteiger partial charge in [0.15, 0.2) is 0 Å². The van der Waals surface area contributed by atoms with Crippen molar-refractivity contribution in [2.24, 2.45) is 0 Å². The lowest BCUT2D eigenvalue weighted by molar-refractivity contribution is 0.102. The van der Waals surface area contributed by atoms with Gasteiger partial charge in [-0.3, -0.25) is 4.79 Å². The van der Waals surface area contributed by atoms with Gasteiger partial charge in [-0.05, 0) is 55.8 Å². The number of ether oxygens (including phenoxy) is 1. The molecule has 0 atom stereocenters. The lowest BCUT2D eigenvalue weighted by Crippen LogP contribution is -2.33. The van der Waals surface area contributed by atoms with Crippen LogP contribution in [-0.4, -0.2) is 38.8 Å². The second kappa shape index (κ2) is 8.44. The van der Waals surface area contributed by atoms with Crippen molar-refractivity contribution in [3.8, 4) is 0 Å². The highest BCUT2D eigenvalue weighted by Gasteiger charge is 2.22. The maximum absolute atomic E-state index is 12.4. The van der Waals surface area contributed by atoms with Crippen LogP contribution in [0.5, 0.6) is 0 Å². The van der Waals surface area contributed by atoms with Gasteiger partial charge in [-0.15, -0.1) is 0 Å². The van der Waals surface area contributed by atoms with E-state index in [1.807, 2.05) is 26.0 Å². The summed E-state index contributed by atoms with van der Waals surface area (Å²) in [6, 6.07) is 13.1. The van der Waals surface area contributed by atoms with Crippen molar-refractivity contribution < 1.29 is 17.9 Å². The van der Waals surface area contributed by atoms with Crippen molar-refractivity contribution in [2.45, 2.75) is 31.4 Å². The first-order valence-corrected chi connectivity index (χ1v) is 9.67. The minimum atomic E-state index is -3.54. The summed E-state index contributed by atoms with van der Waals surface area (Å²) in [7, 11) is -0.378. The molecule has 2 rings (SSSR count). The Kier molecular flexibility index (Phi) is 6.52. The third-order valence-electron chi connectivity index (χ3n) is 4.04. The number of benzene rings is 2. The van der Waals surface area contributed by atoms with E-state index in [9.17, 15) is 13.2 Å². The summed E-state index contributed by atoms with van der Waals surface area (Å²) < 4.78 is 31.2. The van der Waals surface area contributed by atoms with E-state index in [4.69, 9.17) is 4.74 Å². The average Bonchev–Trinajstić information content (AvgIpc) is 2.62. The van der Waals surface area contributed by atoms with Crippen LogP contribution in [0.25, 0.3) is 0 Å². The number of anilines is 1. The standard InChI is InChI=1S/C19H24N2O4S/c1-14(2)21(3)26(23,24)18-11-9-17(10-12-18)20-19(22)16-7-5-15(6-8-16)13-25-4/h5-12,14H,13H2,1-4H3,(H,20,22). The van der Waals surface area contributed by atoms with Gasteiger partial charge in [0.05, 0.1) is 11.5 Å². The zero-order valence-electron chi connectivity index (χ0n) is 15.4. The Balaban J connectivity index is 2.10. The minimum absolute atomic E-state index is 0.138. The SMILES string of the molecule is COCc1ccc(C(=O)Nc2ccc(S(=O)(=O)N(C)C(C)C)cc2)cc1. The van der Waals surface area contributed by atoms with Crippen LogP contribution < -0.4 is 5.32 Å². The molecular weight excluding hydrogens is 352 g/mol. The molecule has 0 saturated heterocycles. The van der Waals surface area contributed by atoms with Crippen LogP contribution in [-0.2, 0) is 21.4 Å². The van der Waals surface area contributed by atoms with Gasteiger partial charge in [-0.25, -0.2) is 8.42 Å². The molecule has 2 aromatic rings. The molecule has 140 valence electrons. The molecule has 1 N–H and O–H groups in total. The van der Waals surface area contributed by atoms with Crippen molar-refractivity contribution in [3.63, 3.8) is 0 Å². The van der Waals surface area contributed by atoms with Gasteiger partial charge in [0.1, 0.15) is 0 Å². The average molecular weight is 376 g/mol. The number of amides is 1. The van der Waals surface area contributed by atoms with Gasteiger partial charge >= 0.3 is 0 Å². The number of rotatable bonds is 7. The predicted molar refractivity (Wildman–Crippen MR) is 102 cm³/mol. The van der Waals surface area contributed by atoms with Gasteiger partial charge in [-0.1, -0.05) is 12.1 Å². The van der Waals surface area contributed by atoms with Gasteiger partial charge in [-0.2, -0.15) is 4.31 Å². The summed E-state index contributed by atoms with van der Waals surface area (Å²) in [5.41, 5.74) is 2.02. The summed E-state index contributed by atoms with van der Waals surface area (Å²) in [5.74, 6) is -0.260. The maximum Gasteiger partial charge on any atom is 0.255 e. The van der Waals surface area contributed by atoms with E-state index in [2.05, 4.69) is 5.32 Å². The Hall–Kier alpha value is -2.22. The topological polar surface area (TPSA) is 75.7 Å². The quantitative estimate of drug-likeness (QED) is 0.806. The number of sulfonamides is 1. The fourth-order valence-electron chi connectivity index (χ4n) is 2.28. The second-order valence-corrected chi connectivity index (χ2v) is 8.22. The van der Waals surface area contributed by atoms with Gasteiger partial charge in [0.25, 0.3) is 5.91 Å². The van der Waals surface area contributed by atoms with Crippen molar-refractivity contribution in [2.75, 3.05) is 19.5 Å². The summed E-state index contributed by atoms with van der Waals surface area (Å²) in [4.78, 5) is 12.5. The van der Waals surface area contributed by atoms with E-state index in [-0.39, 0.29) is 16.8 Å². The number of carbonyl (C=O) groups is 1. The molecule has 1 amide bonds. The summed E-state index contributed by atoms with van der Waals surface area (Å²) in [6.07, 6.45) is 0. The van der Waals surface area contributed by atoms with Crippen LogP contribution in [0.2, 0.25) is 0 Å². The third kappa shape index (κ3) is 4.69. The van der Waals surface area contributed by atoms with Crippen molar-refractivity contribution in [1.82, 2.24) is 4.31 Å². The van der Waals surface area contributed by atoms with Gasteiger partial charge in [0, 0.05) is 31.5 Å². The van der Waals surface area contributed by atoms with Crippen LogP contribution in [0.1, 0.15) is 29.8 Å². The van der Waals surface area contributed by atoms with Crippen LogP contribution in [0.4, 0.5) is 5.69 Å². The lowest BCUT2D eigenvalue weighted by Gasteiger charge is -2.21. The third-order valence-corrected chi connectivity index (χ3v) is 6.09. The Morgan fingerprint density at radius 2 is 1.65 bits per heavy atom. The lowest BCUT2D eigenvalue weighted by atomic mass is 10.1. The van der Waals surface area contributed by atoms with Crippen LogP contribution in [0, 0.1) is 0 Å². The van der Waals surface area contributed by atoms with E-state index in [0.717, 1.165) is 5.56 Å². The normalized spacial score (nSPS) is 11.8. The molecule has 7 heteroatoms. The highest BCUT2D eigenvalue weighted by molar-refractivity contribution is 7.89. The first-order valence-electron chi connectivity index (χ1n) is 8.23. The van der Waals surface area contributed by atoms with Crippen LogP contribution in [0.15, 0.2) is 53.4 Å². The van der Waals surface area contributed by atoms with Crippen molar-refractivity contribution in [3.05, 3.63) is 59.7 Å². The number of hydrogen-bond acceptors (Lipinski definition) is 4. The van der Waals surface area contributed by atoms with E-state index >= 15 is 0 Å². The molecule has 0 unspecified atom stereocenters. The van der Waals surface area contributed by atoms with E-state index in [1.54, 1.807) is 38.4 Å². The zero-order chi connectivity index (χ0) is 19.3. The second-order valence-electron chi connectivity index (χ2n) is 6.22. The summed E-state index contributed by atoms with van der Waals surface area (Å²) in [6.45, 7) is 4.11. The molecule has 0 spiro atoms. The fraction of sp³-hybridized carbons (Fsp3) is 0.316. The van der Waals surface area contributed by atoms with E-state index in [0.29, 0.717) is 17.9 Å². The first-order chi connectivity index (χ1) is 12.3. The molecule has 0 saturated carbocycles. The molecule has 0 bridgehead atoms. The largest absolute Gasteiger partial charge is 0.380 e. The zero-order valence-corrected chi connectivity index (χ0v) is 16.2. The van der Waals surface area contributed by atoms with Gasteiger partial charge in [0.2, 0.25) is 10.0 Å². The predicted octanol–water partition coefficient (Wildman–Crippen LogP) is 3.11.